The lowest BCUT2D eigenvalue weighted by Crippen LogP contribution is -2.37. The largest absolute Gasteiger partial charge is 0.390 e. The first-order chi connectivity index (χ1) is 8.65. The summed E-state index contributed by atoms with van der Waals surface area (Å²) in [6.45, 7) is 0.750. The van der Waals surface area contributed by atoms with Gasteiger partial charge in [0.1, 0.15) is 12.4 Å². The summed E-state index contributed by atoms with van der Waals surface area (Å²) in [5.41, 5.74) is -0.0534. The van der Waals surface area contributed by atoms with Gasteiger partial charge in [0.25, 0.3) is 0 Å². The Hall–Kier alpha value is -1.12. The minimum Gasteiger partial charge on any atom is -0.390 e. The maximum absolute atomic E-state index is 10.5. The van der Waals surface area contributed by atoms with E-state index in [9.17, 15) is 15.2 Å². The zero-order chi connectivity index (χ0) is 13.0. The summed E-state index contributed by atoms with van der Waals surface area (Å²) < 4.78 is 1.40. The molecular formula is C10H16N4O3S. The fraction of sp³-hybridized carbons (Fsp3) is 0.700. The molecule has 1 fully saturated rings. The predicted octanol–water partition coefficient (Wildman–Crippen LogP) is 0.247. The minimum absolute atomic E-state index is 0.0534. The summed E-state index contributed by atoms with van der Waals surface area (Å²) in [5, 5.41) is 27.4. The normalized spacial score (nSPS) is 21.1. The van der Waals surface area contributed by atoms with Gasteiger partial charge in [-0.05, 0) is 12.2 Å². The Bertz CT molecular complexity index is 406. The molecule has 0 bridgehead atoms. The number of nitrogens with one attached hydrogen (secondary N) is 1. The number of aliphatic hydroxyl groups is 1. The molecule has 7 nitrogen and oxygen atoms in total. The highest BCUT2D eigenvalue weighted by Gasteiger charge is 2.17. The fourth-order valence-corrected chi connectivity index (χ4v) is 3.01. The SMILES string of the molecule is O=[N+]([O-])c1cnn(CC(O)CNC2CCSC2)c1. The Morgan fingerprint density at radius 1 is 1.78 bits per heavy atom. The molecule has 1 saturated heterocycles. The van der Waals surface area contributed by atoms with Crippen LogP contribution in [0, 0.1) is 10.1 Å². The van der Waals surface area contributed by atoms with Crippen LogP contribution < -0.4 is 5.32 Å². The highest BCUT2D eigenvalue weighted by Crippen LogP contribution is 2.16. The first kappa shape index (κ1) is 13.3. The third-order valence-corrected chi connectivity index (χ3v) is 3.96. The predicted molar refractivity (Wildman–Crippen MR) is 68.6 cm³/mol. The lowest BCUT2D eigenvalue weighted by Gasteiger charge is -2.15. The molecule has 2 heterocycles. The van der Waals surface area contributed by atoms with Crippen LogP contribution in [0.3, 0.4) is 0 Å². The van der Waals surface area contributed by atoms with E-state index in [4.69, 9.17) is 0 Å². The molecule has 1 aliphatic rings. The molecule has 2 atom stereocenters. The van der Waals surface area contributed by atoms with Crippen molar-refractivity contribution in [2.75, 3.05) is 18.1 Å². The summed E-state index contributed by atoms with van der Waals surface area (Å²) in [7, 11) is 0. The van der Waals surface area contributed by atoms with E-state index in [1.54, 1.807) is 0 Å². The number of hydrogen-bond acceptors (Lipinski definition) is 6. The molecule has 2 N–H and O–H groups in total. The smallest absolute Gasteiger partial charge is 0.306 e. The maximum Gasteiger partial charge on any atom is 0.306 e. The molecular weight excluding hydrogens is 256 g/mol. The van der Waals surface area contributed by atoms with E-state index in [0.29, 0.717) is 12.6 Å². The summed E-state index contributed by atoms with van der Waals surface area (Å²) in [6, 6.07) is 0.469. The third kappa shape index (κ3) is 3.69. The molecule has 18 heavy (non-hydrogen) atoms. The highest BCUT2D eigenvalue weighted by molar-refractivity contribution is 7.99. The average Bonchev–Trinajstić information content (AvgIpc) is 2.96. The van der Waals surface area contributed by atoms with Crippen LogP contribution in [0.5, 0.6) is 0 Å². The molecule has 1 aromatic heterocycles. The lowest BCUT2D eigenvalue weighted by molar-refractivity contribution is -0.385. The molecule has 0 aliphatic carbocycles. The quantitative estimate of drug-likeness (QED) is 0.569. The second kappa shape index (κ2) is 6.17. The lowest BCUT2D eigenvalue weighted by atomic mass is 10.2. The van der Waals surface area contributed by atoms with E-state index in [1.807, 2.05) is 11.8 Å². The van der Waals surface area contributed by atoms with E-state index < -0.39 is 11.0 Å². The Labute approximate surface area is 109 Å². The topological polar surface area (TPSA) is 93.2 Å². The van der Waals surface area contributed by atoms with Crippen molar-refractivity contribution in [2.24, 2.45) is 0 Å². The first-order valence-electron chi connectivity index (χ1n) is 5.81. The van der Waals surface area contributed by atoms with Gasteiger partial charge in [0, 0.05) is 18.3 Å². The van der Waals surface area contributed by atoms with Crippen molar-refractivity contribution in [1.82, 2.24) is 15.1 Å². The van der Waals surface area contributed by atoms with E-state index in [0.717, 1.165) is 12.2 Å². The summed E-state index contributed by atoms with van der Waals surface area (Å²) in [4.78, 5) is 9.98. The van der Waals surface area contributed by atoms with Crippen LogP contribution in [0.2, 0.25) is 0 Å². The number of thioether (sulfide) groups is 1. The monoisotopic (exact) mass is 272 g/mol. The van der Waals surface area contributed by atoms with Crippen LogP contribution in [0.1, 0.15) is 6.42 Å². The third-order valence-electron chi connectivity index (χ3n) is 2.80. The van der Waals surface area contributed by atoms with Crippen molar-refractivity contribution in [3.8, 4) is 0 Å². The fourth-order valence-electron chi connectivity index (χ4n) is 1.83. The van der Waals surface area contributed by atoms with Crippen molar-refractivity contribution < 1.29 is 10.0 Å². The number of aliphatic hydroxyl groups excluding tert-OH is 1. The van der Waals surface area contributed by atoms with Crippen molar-refractivity contribution in [3.63, 3.8) is 0 Å². The van der Waals surface area contributed by atoms with Crippen LogP contribution in [-0.4, -0.2) is 50.0 Å². The number of hydrogen-bond donors (Lipinski definition) is 2. The van der Waals surface area contributed by atoms with E-state index >= 15 is 0 Å². The van der Waals surface area contributed by atoms with E-state index in [2.05, 4.69) is 10.4 Å². The molecule has 2 unspecified atom stereocenters. The average molecular weight is 272 g/mol. The Morgan fingerprint density at radius 2 is 2.61 bits per heavy atom. The van der Waals surface area contributed by atoms with Gasteiger partial charge in [-0.15, -0.1) is 0 Å². The molecule has 0 radical (unpaired) electrons. The second-order valence-electron chi connectivity index (χ2n) is 4.30. The number of rotatable bonds is 6. The summed E-state index contributed by atoms with van der Waals surface area (Å²) in [5.74, 6) is 2.25. The van der Waals surface area contributed by atoms with Gasteiger partial charge in [-0.3, -0.25) is 14.8 Å². The molecule has 0 spiro atoms. The van der Waals surface area contributed by atoms with Gasteiger partial charge in [-0.2, -0.15) is 16.9 Å². The zero-order valence-electron chi connectivity index (χ0n) is 9.86. The summed E-state index contributed by atoms with van der Waals surface area (Å²) in [6.07, 6.45) is 3.06. The van der Waals surface area contributed by atoms with Crippen molar-refractivity contribution in [1.29, 1.82) is 0 Å². The molecule has 0 amide bonds. The van der Waals surface area contributed by atoms with E-state index in [-0.39, 0.29) is 12.2 Å². The van der Waals surface area contributed by atoms with Gasteiger partial charge in [-0.25, -0.2) is 0 Å². The minimum atomic E-state index is -0.588. The van der Waals surface area contributed by atoms with Crippen LogP contribution in [0.15, 0.2) is 12.4 Å². The van der Waals surface area contributed by atoms with Gasteiger partial charge in [-0.1, -0.05) is 0 Å². The maximum atomic E-state index is 10.5. The Morgan fingerprint density at radius 3 is 3.22 bits per heavy atom. The molecule has 1 aliphatic heterocycles. The molecule has 0 aromatic carbocycles. The van der Waals surface area contributed by atoms with Gasteiger partial charge >= 0.3 is 5.69 Å². The van der Waals surface area contributed by atoms with Gasteiger partial charge in [0.2, 0.25) is 0 Å². The molecule has 1 aromatic rings. The van der Waals surface area contributed by atoms with Crippen LogP contribution >= 0.6 is 11.8 Å². The molecule has 8 heteroatoms. The van der Waals surface area contributed by atoms with Gasteiger partial charge < -0.3 is 10.4 Å². The van der Waals surface area contributed by atoms with Crippen molar-refractivity contribution >= 4 is 17.4 Å². The molecule has 0 saturated carbocycles. The van der Waals surface area contributed by atoms with Crippen molar-refractivity contribution in [3.05, 3.63) is 22.5 Å². The first-order valence-corrected chi connectivity index (χ1v) is 6.96. The number of nitrogens with zero attached hydrogens (tertiary/aromatic N) is 3. The standard InChI is InChI=1S/C10H16N4O3S/c15-10(4-11-8-1-2-18-7-8)6-13-5-9(3-12-13)14(16)17/h3,5,8,10-11,15H,1-2,4,6-7H2. The Balaban J connectivity index is 1.75. The summed E-state index contributed by atoms with van der Waals surface area (Å²) >= 11 is 1.91. The van der Waals surface area contributed by atoms with Gasteiger partial charge in [0.05, 0.1) is 17.6 Å². The van der Waals surface area contributed by atoms with Crippen LogP contribution in [0.25, 0.3) is 0 Å². The van der Waals surface area contributed by atoms with Gasteiger partial charge in [0.15, 0.2) is 0 Å². The van der Waals surface area contributed by atoms with Crippen LogP contribution in [0.4, 0.5) is 5.69 Å². The molecule has 2 rings (SSSR count). The van der Waals surface area contributed by atoms with E-state index in [1.165, 1.54) is 22.8 Å². The second-order valence-corrected chi connectivity index (χ2v) is 5.45. The van der Waals surface area contributed by atoms with Crippen LogP contribution in [-0.2, 0) is 6.54 Å². The Kier molecular flexibility index (Phi) is 4.56. The number of aromatic nitrogens is 2. The zero-order valence-corrected chi connectivity index (χ0v) is 10.7. The highest BCUT2D eigenvalue weighted by atomic mass is 32.2. The molecule has 100 valence electrons. The van der Waals surface area contributed by atoms with Crippen molar-refractivity contribution in [2.45, 2.75) is 25.1 Å². The number of nitro groups is 1.